The number of hydrogen-bond acceptors (Lipinski definition) is 5. The summed E-state index contributed by atoms with van der Waals surface area (Å²) in [5.41, 5.74) is -0.786. The number of carbonyl (C=O) groups is 1. The molecule has 24 heavy (non-hydrogen) atoms. The number of nitrogens with one attached hydrogen (secondary N) is 1. The number of hydrogen-bond donors (Lipinski definition) is 1. The molecule has 0 radical (unpaired) electrons. The minimum absolute atomic E-state index is 0.0489. The monoisotopic (exact) mass is 353 g/mol. The predicted molar refractivity (Wildman–Crippen MR) is 81.4 cm³/mol. The summed E-state index contributed by atoms with van der Waals surface area (Å²) in [4.78, 5) is 16.8. The number of nitrogens with zero attached hydrogens (tertiary/aromatic N) is 2. The Labute approximate surface area is 138 Å². The zero-order chi connectivity index (χ0) is 17.2. The third-order valence-corrected chi connectivity index (χ3v) is 3.86. The summed E-state index contributed by atoms with van der Waals surface area (Å²) in [5.74, 6) is -0.0922. The van der Waals surface area contributed by atoms with E-state index in [1.165, 1.54) is 23.5 Å². The fourth-order valence-electron chi connectivity index (χ4n) is 1.95. The van der Waals surface area contributed by atoms with Gasteiger partial charge in [-0.3, -0.25) is 4.79 Å². The van der Waals surface area contributed by atoms with Crippen LogP contribution in [0.2, 0.25) is 0 Å². The van der Waals surface area contributed by atoms with E-state index in [0.29, 0.717) is 5.82 Å². The highest BCUT2D eigenvalue weighted by atomic mass is 32.1. The van der Waals surface area contributed by atoms with Crippen molar-refractivity contribution in [3.63, 3.8) is 0 Å². The van der Waals surface area contributed by atoms with Crippen molar-refractivity contribution in [3.05, 3.63) is 53.2 Å². The molecule has 5 nitrogen and oxygen atoms in total. The van der Waals surface area contributed by atoms with Gasteiger partial charge in [0.2, 0.25) is 17.6 Å². The Morgan fingerprint density at radius 3 is 2.79 bits per heavy atom. The highest BCUT2D eigenvalue weighted by molar-refractivity contribution is 7.13. The van der Waals surface area contributed by atoms with E-state index in [2.05, 4.69) is 15.5 Å². The second-order valence-electron chi connectivity index (χ2n) is 4.79. The van der Waals surface area contributed by atoms with Crippen LogP contribution in [0.3, 0.4) is 0 Å². The fraction of sp³-hybridized carbons (Fsp3) is 0.133. The van der Waals surface area contributed by atoms with Crippen molar-refractivity contribution < 1.29 is 22.5 Å². The first kappa shape index (κ1) is 16.2. The van der Waals surface area contributed by atoms with Gasteiger partial charge in [0.25, 0.3) is 0 Å². The van der Waals surface area contributed by atoms with Crippen molar-refractivity contribution in [1.82, 2.24) is 10.1 Å². The number of carbonyl (C=O) groups excluding carboxylic acids is 1. The molecule has 0 bridgehead atoms. The van der Waals surface area contributed by atoms with Crippen molar-refractivity contribution in [2.75, 3.05) is 5.32 Å². The van der Waals surface area contributed by atoms with Gasteiger partial charge in [0.1, 0.15) is 6.42 Å². The lowest BCUT2D eigenvalue weighted by Crippen LogP contribution is -2.15. The molecule has 0 aliphatic carbocycles. The van der Waals surface area contributed by atoms with Gasteiger partial charge in [-0.1, -0.05) is 17.3 Å². The van der Waals surface area contributed by atoms with E-state index in [1.807, 2.05) is 17.5 Å². The molecule has 2 aromatic heterocycles. The van der Waals surface area contributed by atoms with Crippen LogP contribution < -0.4 is 5.32 Å². The second-order valence-corrected chi connectivity index (χ2v) is 5.74. The van der Waals surface area contributed by atoms with Gasteiger partial charge in [-0.15, -0.1) is 11.3 Å². The molecule has 0 unspecified atom stereocenters. The highest BCUT2D eigenvalue weighted by Gasteiger charge is 2.30. The highest BCUT2D eigenvalue weighted by Crippen LogP contribution is 2.30. The van der Waals surface area contributed by atoms with Crippen molar-refractivity contribution >= 4 is 22.9 Å². The van der Waals surface area contributed by atoms with E-state index in [4.69, 9.17) is 4.52 Å². The molecule has 2 heterocycles. The Hall–Kier alpha value is -2.68. The van der Waals surface area contributed by atoms with Crippen LogP contribution in [0.15, 0.2) is 46.3 Å². The molecule has 0 saturated heterocycles. The normalized spacial score (nSPS) is 11.5. The Morgan fingerprint density at radius 1 is 1.25 bits per heavy atom. The van der Waals surface area contributed by atoms with Gasteiger partial charge in [0.05, 0.1) is 10.4 Å². The first-order chi connectivity index (χ1) is 11.4. The minimum Gasteiger partial charge on any atom is -0.338 e. The van der Waals surface area contributed by atoms with Crippen molar-refractivity contribution in [2.24, 2.45) is 0 Å². The summed E-state index contributed by atoms with van der Waals surface area (Å²) in [6.45, 7) is 0. The molecule has 9 heteroatoms. The lowest BCUT2D eigenvalue weighted by Gasteiger charge is -2.09. The lowest BCUT2D eigenvalue weighted by atomic mass is 10.2. The van der Waals surface area contributed by atoms with Gasteiger partial charge in [-0.25, -0.2) is 0 Å². The molecule has 1 N–H and O–H groups in total. The van der Waals surface area contributed by atoms with Crippen LogP contribution in [0.25, 0.3) is 10.7 Å². The van der Waals surface area contributed by atoms with E-state index in [-0.39, 0.29) is 18.0 Å². The van der Waals surface area contributed by atoms with E-state index in [9.17, 15) is 18.0 Å². The van der Waals surface area contributed by atoms with Crippen LogP contribution in [0.4, 0.5) is 18.9 Å². The molecule has 0 fully saturated rings. The predicted octanol–water partition coefficient (Wildman–Crippen LogP) is 4.00. The van der Waals surface area contributed by atoms with Gasteiger partial charge in [0.15, 0.2) is 0 Å². The molecule has 1 aromatic carbocycles. The fourth-order valence-corrected chi connectivity index (χ4v) is 2.60. The molecule has 1 amide bonds. The largest absolute Gasteiger partial charge is 0.416 e. The Morgan fingerprint density at radius 2 is 2.08 bits per heavy atom. The van der Waals surface area contributed by atoms with Gasteiger partial charge in [-0.05, 0) is 29.6 Å². The summed E-state index contributed by atoms with van der Waals surface area (Å²) in [6, 6.07) is 8.03. The van der Waals surface area contributed by atoms with Crippen molar-refractivity contribution in [1.29, 1.82) is 0 Å². The topological polar surface area (TPSA) is 68.0 Å². The van der Waals surface area contributed by atoms with Gasteiger partial charge < -0.3 is 9.84 Å². The third-order valence-electron chi connectivity index (χ3n) is 3.00. The molecule has 0 aliphatic rings. The van der Waals surface area contributed by atoms with E-state index >= 15 is 0 Å². The first-order valence-corrected chi connectivity index (χ1v) is 7.63. The zero-order valence-electron chi connectivity index (χ0n) is 12.0. The van der Waals surface area contributed by atoms with Crippen molar-refractivity contribution in [2.45, 2.75) is 12.6 Å². The maximum atomic E-state index is 12.6. The summed E-state index contributed by atoms with van der Waals surface area (Å²) in [6.07, 6.45) is -4.70. The maximum Gasteiger partial charge on any atom is 0.416 e. The average Bonchev–Trinajstić information content (AvgIpc) is 3.17. The number of benzene rings is 1. The van der Waals surface area contributed by atoms with Gasteiger partial charge in [0, 0.05) is 5.69 Å². The number of thiophene rings is 1. The zero-order valence-corrected chi connectivity index (χ0v) is 12.8. The van der Waals surface area contributed by atoms with E-state index in [0.717, 1.165) is 17.0 Å². The Balaban J connectivity index is 1.66. The molecule has 0 aliphatic heterocycles. The van der Waals surface area contributed by atoms with Crippen LogP contribution in [0.1, 0.15) is 11.5 Å². The van der Waals surface area contributed by atoms with Crippen molar-refractivity contribution in [3.8, 4) is 10.7 Å². The molecule has 124 valence electrons. The maximum absolute atomic E-state index is 12.6. The van der Waals surface area contributed by atoms with Crippen LogP contribution in [0, 0.1) is 0 Å². The Kier molecular flexibility index (Phi) is 4.34. The smallest absolute Gasteiger partial charge is 0.338 e. The van der Waals surface area contributed by atoms with Crippen LogP contribution >= 0.6 is 11.3 Å². The quantitative estimate of drug-likeness (QED) is 0.770. The molecule has 3 aromatic rings. The van der Waals surface area contributed by atoms with E-state index < -0.39 is 17.6 Å². The number of halogens is 3. The summed E-state index contributed by atoms with van der Waals surface area (Å²) < 4.78 is 42.9. The SMILES string of the molecule is O=C(Cc1nc(-c2cccs2)no1)Nc1cccc(C(F)(F)F)c1. The van der Waals surface area contributed by atoms with Crippen LogP contribution in [-0.2, 0) is 17.4 Å². The molecule has 0 atom stereocenters. The average molecular weight is 353 g/mol. The lowest BCUT2D eigenvalue weighted by molar-refractivity contribution is -0.137. The number of anilines is 1. The molecular weight excluding hydrogens is 343 g/mol. The number of amides is 1. The summed E-state index contributed by atoms with van der Waals surface area (Å²) in [7, 11) is 0. The standard InChI is InChI=1S/C15H10F3N3O2S/c16-15(17,18)9-3-1-4-10(7-9)19-12(22)8-13-20-14(21-23-13)11-5-2-6-24-11/h1-7H,8H2,(H,19,22). The van der Waals surface area contributed by atoms with Crippen LogP contribution in [0.5, 0.6) is 0 Å². The number of rotatable bonds is 4. The third kappa shape index (κ3) is 3.80. The minimum atomic E-state index is -4.47. The molecule has 0 saturated carbocycles. The Bertz CT molecular complexity index is 844. The molecule has 3 rings (SSSR count). The van der Waals surface area contributed by atoms with E-state index in [1.54, 1.807) is 0 Å². The second kappa shape index (κ2) is 6.44. The summed E-state index contributed by atoms with van der Waals surface area (Å²) >= 11 is 1.42. The van der Waals surface area contributed by atoms with Gasteiger partial charge in [-0.2, -0.15) is 18.2 Å². The van der Waals surface area contributed by atoms with Gasteiger partial charge >= 0.3 is 6.18 Å². The summed E-state index contributed by atoms with van der Waals surface area (Å²) in [5, 5.41) is 8.00. The first-order valence-electron chi connectivity index (χ1n) is 6.75. The van der Waals surface area contributed by atoms with Crippen LogP contribution in [-0.4, -0.2) is 16.0 Å². The number of aromatic nitrogens is 2. The molecule has 0 spiro atoms. The number of alkyl halides is 3. The molecular formula is C15H10F3N3O2S.